The molecule has 2 unspecified atom stereocenters. The molecular weight excluding hydrogens is 344 g/mol. The van der Waals surface area contributed by atoms with Crippen molar-refractivity contribution in [3.8, 4) is 0 Å². The van der Waals surface area contributed by atoms with Gasteiger partial charge in [0.2, 0.25) is 0 Å². The van der Waals surface area contributed by atoms with Crippen LogP contribution in [0.25, 0.3) is 0 Å². The lowest BCUT2D eigenvalue weighted by molar-refractivity contribution is -0.178. The molecule has 1 saturated carbocycles. The lowest BCUT2D eigenvalue weighted by Crippen LogP contribution is -2.36. The third-order valence-electron chi connectivity index (χ3n) is 6.18. The first kappa shape index (κ1) is 20.5. The van der Waals surface area contributed by atoms with Crippen LogP contribution in [-0.2, 0) is 23.8 Å². The average Bonchev–Trinajstić information content (AvgIpc) is 2.94. The van der Waals surface area contributed by atoms with Crippen LogP contribution in [0.1, 0.15) is 72.1 Å². The molecule has 0 aromatic heterocycles. The quantitative estimate of drug-likeness (QED) is 0.649. The maximum atomic E-state index is 12.5. The number of Topliss-reactive ketones (excluding diaryl/α,β-unsaturated/α-hetero) is 1. The zero-order valence-electron chi connectivity index (χ0n) is 16.9. The van der Waals surface area contributed by atoms with Crippen LogP contribution in [-0.4, -0.2) is 36.9 Å². The molecule has 5 nitrogen and oxygen atoms in total. The van der Waals surface area contributed by atoms with Crippen molar-refractivity contribution in [3.63, 3.8) is 0 Å². The molecule has 0 aromatic rings. The highest BCUT2D eigenvalue weighted by Gasteiger charge is 2.35. The maximum Gasteiger partial charge on any atom is 0.310 e. The summed E-state index contributed by atoms with van der Waals surface area (Å²) in [6.07, 6.45) is 7.87. The topological polar surface area (TPSA) is 61.8 Å². The van der Waals surface area contributed by atoms with E-state index in [1.807, 2.05) is 0 Å². The number of hydrogen-bond donors (Lipinski definition) is 0. The van der Waals surface area contributed by atoms with Crippen molar-refractivity contribution in [2.45, 2.75) is 90.6 Å². The molecule has 0 bridgehead atoms. The van der Waals surface area contributed by atoms with Gasteiger partial charge in [-0.25, -0.2) is 0 Å². The molecule has 3 aliphatic rings. The van der Waals surface area contributed by atoms with Crippen LogP contribution in [0.5, 0.6) is 0 Å². The second-order valence-corrected chi connectivity index (χ2v) is 8.82. The molecule has 2 fully saturated rings. The number of carbonyl (C=O) groups excluding carboxylic acids is 2. The Labute approximate surface area is 162 Å². The molecule has 0 radical (unpaired) electrons. The van der Waals surface area contributed by atoms with Gasteiger partial charge < -0.3 is 14.2 Å². The zero-order chi connectivity index (χ0) is 19.4. The van der Waals surface area contributed by atoms with Crippen molar-refractivity contribution in [1.82, 2.24) is 0 Å². The third kappa shape index (κ3) is 5.64. The third-order valence-corrected chi connectivity index (χ3v) is 6.18. The largest absolute Gasteiger partial charge is 0.462 e. The highest BCUT2D eigenvalue weighted by atomic mass is 16.7. The normalized spacial score (nSPS) is 34.6. The van der Waals surface area contributed by atoms with Gasteiger partial charge in [0.1, 0.15) is 6.10 Å². The fourth-order valence-electron chi connectivity index (χ4n) is 4.56. The van der Waals surface area contributed by atoms with Crippen LogP contribution >= 0.6 is 0 Å². The van der Waals surface area contributed by atoms with Gasteiger partial charge in [0, 0.05) is 18.6 Å². The van der Waals surface area contributed by atoms with Crippen LogP contribution in [0, 0.1) is 17.8 Å². The Morgan fingerprint density at radius 1 is 1.26 bits per heavy atom. The zero-order valence-corrected chi connectivity index (χ0v) is 16.9. The molecule has 0 spiro atoms. The molecular formula is C22H34O5. The summed E-state index contributed by atoms with van der Waals surface area (Å²) in [6.45, 7) is 7.32. The van der Waals surface area contributed by atoms with Crippen molar-refractivity contribution in [2.75, 3.05) is 6.61 Å². The van der Waals surface area contributed by atoms with Gasteiger partial charge in [0.25, 0.3) is 0 Å². The first-order chi connectivity index (χ1) is 12.9. The van der Waals surface area contributed by atoms with E-state index in [0.717, 1.165) is 32.1 Å². The molecule has 27 heavy (non-hydrogen) atoms. The molecule has 152 valence electrons. The number of ketones is 1. The summed E-state index contributed by atoms with van der Waals surface area (Å²) in [5, 5.41) is 0. The van der Waals surface area contributed by atoms with Gasteiger partial charge in [-0.15, -0.1) is 0 Å². The van der Waals surface area contributed by atoms with Gasteiger partial charge in [-0.05, 0) is 55.9 Å². The summed E-state index contributed by atoms with van der Waals surface area (Å²) in [7, 11) is 0. The number of carbonyl (C=O) groups is 2. The minimum absolute atomic E-state index is 0.00909. The van der Waals surface area contributed by atoms with Crippen LogP contribution in [0.4, 0.5) is 0 Å². The first-order valence-electron chi connectivity index (χ1n) is 10.6. The van der Waals surface area contributed by atoms with Crippen molar-refractivity contribution in [1.29, 1.82) is 0 Å². The summed E-state index contributed by atoms with van der Waals surface area (Å²) < 4.78 is 17.3. The Morgan fingerprint density at radius 3 is 2.78 bits per heavy atom. The summed E-state index contributed by atoms with van der Waals surface area (Å²) in [4.78, 5) is 24.8. The molecule has 2 aliphatic carbocycles. The molecule has 3 rings (SSSR count). The summed E-state index contributed by atoms with van der Waals surface area (Å²) in [5.41, 5.74) is 0.533. The Bertz CT molecular complexity index is 561. The molecule has 0 amide bonds. The molecule has 5 heteroatoms. The SMILES string of the molecule is CC(C)[C@@H]1CC[C@@H](C)CC1OC(=O)CC1=C[C@H](OC2CCCCO2)CC1=O. The van der Waals surface area contributed by atoms with E-state index < -0.39 is 0 Å². The molecule has 1 heterocycles. The first-order valence-corrected chi connectivity index (χ1v) is 10.6. The van der Waals surface area contributed by atoms with Crippen molar-refractivity contribution in [2.24, 2.45) is 17.8 Å². The van der Waals surface area contributed by atoms with Crippen LogP contribution in [0.2, 0.25) is 0 Å². The van der Waals surface area contributed by atoms with E-state index in [4.69, 9.17) is 14.2 Å². The summed E-state index contributed by atoms with van der Waals surface area (Å²) in [6, 6.07) is 0. The van der Waals surface area contributed by atoms with Gasteiger partial charge in [-0.3, -0.25) is 9.59 Å². The Balaban J connectivity index is 1.53. The minimum Gasteiger partial charge on any atom is -0.462 e. The molecule has 1 aliphatic heterocycles. The number of hydrogen-bond acceptors (Lipinski definition) is 5. The summed E-state index contributed by atoms with van der Waals surface area (Å²) in [5.74, 6) is 1.20. The van der Waals surface area contributed by atoms with E-state index in [1.54, 1.807) is 6.08 Å². The monoisotopic (exact) mass is 378 g/mol. The van der Waals surface area contributed by atoms with Crippen molar-refractivity contribution >= 4 is 11.8 Å². The van der Waals surface area contributed by atoms with Crippen LogP contribution in [0.3, 0.4) is 0 Å². The lowest BCUT2D eigenvalue weighted by atomic mass is 9.75. The minimum atomic E-state index is -0.283. The number of rotatable bonds is 6. The molecule has 5 atom stereocenters. The van der Waals surface area contributed by atoms with Crippen LogP contribution in [0.15, 0.2) is 11.6 Å². The number of esters is 1. The van der Waals surface area contributed by atoms with Crippen molar-refractivity contribution in [3.05, 3.63) is 11.6 Å². The highest BCUT2D eigenvalue weighted by Crippen LogP contribution is 2.36. The van der Waals surface area contributed by atoms with Crippen molar-refractivity contribution < 1.29 is 23.8 Å². The lowest BCUT2D eigenvalue weighted by Gasteiger charge is -2.36. The fourth-order valence-corrected chi connectivity index (χ4v) is 4.56. The smallest absolute Gasteiger partial charge is 0.310 e. The molecule has 1 saturated heterocycles. The van der Waals surface area contributed by atoms with Gasteiger partial charge in [0.05, 0.1) is 12.5 Å². The van der Waals surface area contributed by atoms with E-state index in [1.165, 1.54) is 6.42 Å². The number of ether oxygens (including phenoxy) is 3. The second-order valence-electron chi connectivity index (χ2n) is 8.82. The Morgan fingerprint density at radius 2 is 2.07 bits per heavy atom. The Hall–Kier alpha value is -1.20. The van der Waals surface area contributed by atoms with Gasteiger partial charge >= 0.3 is 5.97 Å². The van der Waals surface area contributed by atoms with E-state index in [9.17, 15) is 9.59 Å². The second kappa shape index (κ2) is 9.33. The van der Waals surface area contributed by atoms with E-state index >= 15 is 0 Å². The maximum absolute atomic E-state index is 12.5. The molecule has 0 aromatic carbocycles. The van der Waals surface area contributed by atoms with E-state index in [-0.39, 0.29) is 36.7 Å². The predicted molar refractivity (Wildman–Crippen MR) is 102 cm³/mol. The summed E-state index contributed by atoms with van der Waals surface area (Å²) >= 11 is 0. The van der Waals surface area contributed by atoms with E-state index in [2.05, 4.69) is 20.8 Å². The average molecular weight is 379 g/mol. The Kier molecular flexibility index (Phi) is 7.10. The predicted octanol–water partition coefficient (Wildman–Crippen LogP) is 4.19. The fraction of sp³-hybridized carbons (Fsp3) is 0.818. The van der Waals surface area contributed by atoms with Gasteiger partial charge in [0.15, 0.2) is 12.1 Å². The molecule has 0 N–H and O–H groups in total. The van der Waals surface area contributed by atoms with E-state index in [0.29, 0.717) is 36.4 Å². The van der Waals surface area contributed by atoms with Crippen LogP contribution < -0.4 is 0 Å². The standard InChI is InChI=1S/C22H34O5/c1-14(2)18-8-7-15(3)10-20(18)27-21(24)12-16-11-17(13-19(16)23)26-22-6-4-5-9-25-22/h11,14-15,17-18,20,22H,4-10,12-13H2,1-3H3/t15-,17+,18+,20?,22?/m1/s1. The van der Waals surface area contributed by atoms with Gasteiger partial charge in [-0.2, -0.15) is 0 Å². The van der Waals surface area contributed by atoms with Gasteiger partial charge in [-0.1, -0.05) is 27.2 Å². The highest BCUT2D eigenvalue weighted by molar-refractivity contribution is 6.01.